The summed E-state index contributed by atoms with van der Waals surface area (Å²) >= 11 is 0. The number of hydrogen-bond acceptors (Lipinski definition) is 1. The first-order chi connectivity index (χ1) is 7.12. The SMILES string of the molecule is Fc1ccc(C2(F)CCNCC2)c(F)c1. The normalized spacial score (nSPS) is 20.2. The largest absolute Gasteiger partial charge is 0.316 e. The van der Waals surface area contributed by atoms with Gasteiger partial charge in [0.2, 0.25) is 0 Å². The Labute approximate surface area is 86.3 Å². The molecule has 0 spiro atoms. The number of alkyl halides is 1. The summed E-state index contributed by atoms with van der Waals surface area (Å²) in [5.41, 5.74) is -1.67. The van der Waals surface area contributed by atoms with Crippen LogP contribution in [-0.4, -0.2) is 13.1 Å². The molecule has 0 aliphatic carbocycles. The predicted molar refractivity (Wildman–Crippen MR) is 51.2 cm³/mol. The molecule has 1 saturated heterocycles. The summed E-state index contributed by atoms with van der Waals surface area (Å²) < 4.78 is 40.3. The van der Waals surface area contributed by atoms with Gasteiger partial charge in [0.05, 0.1) is 0 Å². The van der Waals surface area contributed by atoms with Gasteiger partial charge in [-0.25, -0.2) is 13.2 Å². The zero-order valence-electron chi connectivity index (χ0n) is 8.19. The minimum atomic E-state index is -1.65. The molecule has 1 heterocycles. The Morgan fingerprint density at radius 1 is 1.13 bits per heavy atom. The second-order valence-electron chi connectivity index (χ2n) is 3.84. The Morgan fingerprint density at radius 3 is 2.40 bits per heavy atom. The van der Waals surface area contributed by atoms with Crippen LogP contribution in [-0.2, 0) is 5.67 Å². The highest BCUT2D eigenvalue weighted by Gasteiger charge is 2.35. The van der Waals surface area contributed by atoms with Crippen molar-refractivity contribution >= 4 is 0 Å². The third-order valence-electron chi connectivity index (χ3n) is 2.81. The lowest BCUT2D eigenvalue weighted by atomic mass is 9.86. The first-order valence-electron chi connectivity index (χ1n) is 4.97. The van der Waals surface area contributed by atoms with Crippen LogP contribution in [0.3, 0.4) is 0 Å². The zero-order chi connectivity index (χ0) is 10.9. The third kappa shape index (κ3) is 2.00. The van der Waals surface area contributed by atoms with Crippen molar-refractivity contribution in [3.05, 3.63) is 35.4 Å². The Morgan fingerprint density at radius 2 is 1.80 bits per heavy atom. The molecule has 0 bridgehead atoms. The van der Waals surface area contributed by atoms with Crippen LogP contribution in [0.4, 0.5) is 13.2 Å². The monoisotopic (exact) mass is 215 g/mol. The van der Waals surface area contributed by atoms with E-state index in [1.165, 1.54) is 6.07 Å². The number of piperidine rings is 1. The highest BCUT2D eigenvalue weighted by molar-refractivity contribution is 5.25. The number of hydrogen-bond donors (Lipinski definition) is 1. The highest BCUT2D eigenvalue weighted by Crippen LogP contribution is 2.36. The maximum absolute atomic E-state index is 14.3. The first-order valence-corrected chi connectivity index (χ1v) is 4.97. The van der Waals surface area contributed by atoms with Gasteiger partial charge in [0.15, 0.2) is 0 Å². The Kier molecular flexibility index (Phi) is 2.69. The molecule has 0 radical (unpaired) electrons. The molecule has 15 heavy (non-hydrogen) atoms. The van der Waals surface area contributed by atoms with Crippen molar-refractivity contribution in [3.8, 4) is 0 Å². The minimum absolute atomic E-state index is 0.0228. The fourth-order valence-electron chi connectivity index (χ4n) is 1.95. The molecule has 0 aromatic heterocycles. The van der Waals surface area contributed by atoms with Gasteiger partial charge in [-0.15, -0.1) is 0 Å². The highest BCUT2D eigenvalue weighted by atomic mass is 19.2. The van der Waals surface area contributed by atoms with Gasteiger partial charge >= 0.3 is 0 Å². The molecular formula is C11H12F3N. The fourth-order valence-corrected chi connectivity index (χ4v) is 1.95. The third-order valence-corrected chi connectivity index (χ3v) is 2.81. The van der Waals surface area contributed by atoms with Gasteiger partial charge in [-0.05, 0) is 38.1 Å². The molecule has 82 valence electrons. The Bertz CT molecular complexity index is 359. The van der Waals surface area contributed by atoms with E-state index < -0.39 is 17.3 Å². The standard InChI is InChI=1S/C11H12F3N/c12-8-1-2-9(10(13)7-8)11(14)3-5-15-6-4-11/h1-2,7,15H,3-6H2. The minimum Gasteiger partial charge on any atom is -0.316 e. The second kappa shape index (κ2) is 3.85. The van der Waals surface area contributed by atoms with Crippen molar-refractivity contribution in [1.82, 2.24) is 5.32 Å². The van der Waals surface area contributed by atoms with Crippen LogP contribution < -0.4 is 5.32 Å². The van der Waals surface area contributed by atoms with Crippen molar-refractivity contribution in [2.45, 2.75) is 18.5 Å². The summed E-state index contributed by atoms with van der Waals surface area (Å²) in [6.45, 7) is 1.04. The lowest BCUT2D eigenvalue weighted by Crippen LogP contribution is -2.37. The summed E-state index contributed by atoms with van der Waals surface area (Å²) in [6.07, 6.45) is 0.463. The molecule has 1 fully saturated rings. The van der Waals surface area contributed by atoms with Crippen LogP contribution in [0.25, 0.3) is 0 Å². The van der Waals surface area contributed by atoms with E-state index in [0.717, 1.165) is 12.1 Å². The Balaban J connectivity index is 2.35. The molecule has 0 saturated carbocycles. The fraction of sp³-hybridized carbons (Fsp3) is 0.455. The van der Waals surface area contributed by atoms with Crippen molar-refractivity contribution in [2.75, 3.05) is 13.1 Å². The van der Waals surface area contributed by atoms with Crippen molar-refractivity contribution in [1.29, 1.82) is 0 Å². The molecule has 1 N–H and O–H groups in total. The quantitative estimate of drug-likeness (QED) is 0.759. The van der Waals surface area contributed by atoms with Crippen LogP contribution >= 0.6 is 0 Å². The Hall–Kier alpha value is -1.03. The molecule has 0 atom stereocenters. The molecule has 0 amide bonds. The van der Waals surface area contributed by atoms with Crippen molar-refractivity contribution in [3.63, 3.8) is 0 Å². The summed E-state index contributed by atoms with van der Waals surface area (Å²) in [5, 5.41) is 3.00. The number of halogens is 3. The van der Waals surface area contributed by atoms with Gasteiger partial charge < -0.3 is 5.32 Å². The van der Waals surface area contributed by atoms with Gasteiger partial charge in [0.25, 0.3) is 0 Å². The van der Waals surface area contributed by atoms with E-state index >= 15 is 0 Å². The first kappa shape index (κ1) is 10.5. The van der Waals surface area contributed by atoms with Crippen LogP contribution in [0.2, 0.25) is 0 Å². The molecule has 2 rings (SSSR count). The van der Waals surface area contributed by atoms with Crippen molar-refractivity contribution in [2.24, 2.45) is 0 Å². The van der Waals surface area contributed by atoms with E-state index in [1.54, 1.807) is 0 Å². The average molecular weight is 215 g/mol. The summed E-state index contributed by atoms with van der Waals surface area (Å²) in [4.78, 5) is 0. The summed E-state index contributed by atoms with van der Waals surface area (Å²) in [6, 6.07) is 3.04. The van der Waals surface area contributed by atoms with E-state index in [1.807, 2.05) is 0 Å². The van der Waals surface area contributed by atoms with E-state index in [-0.39, 0.29) is 18.4 Å². The molecule has 1 aliphatic rings. The van der Waals surface area contributed by atoms with E-state index in [2.05, 4.69) is 5.32 Å². The van der Waals surface area contributed by atoms with Gasteiger partial charge in [0, 0.05) is 11.6 Å². The summed E-state index contributed by atoms with van der Waals surface area (Å²) in [5.74, 6) is -1.46. The molecule has 1 aliphatic heterocycles. The molecule has 1 aromatic rings. The maximum atomic E-state index is 14.3. The van der Waals surface area contributed by atoms with Crippen LogP contribution in [0.5, 0.6) is 0 Å². The molecule has 4 heteroatoms. The average Bonchev–Trinajstić information content (AvgIpc) is 2.18. The number of benzene rings is 1. The molecule has 1 aromatic carbocycles. The lowest BCUT2D eigenvalue weighted by molar-refractivity contribution is 0.110. The lowest BCUT2D eigenvalue weighted by Gasteiger charge is -2.30. The number of rotatable bonds is 1. The summed E-state index contributed by atoms with van der Waals surface area (Å²) in [7, 11) is 0. The topological polar surface area (TPSA) is 12.0 Å². The van der Waals surface area contributed by atoms with E-state index in [0.29, 0.717) is 13.1 Å². The predicted octanol–water partition coefficient (Wildman–Crippen LogP) is 2.51. The van der Waals surface area contributed by atoms with Crippen LogP contribution in [0.1, 0.15) is 18.4 Å². The molecular weight excluding hydrogens is 203 g/mol. The smallest absolute Gasteiger partial charge is 0.141 e. The second-order valence-corrected chi connectivity index (χ2v) is 3.84. The zero-order valence-corrected chi connectivity index (χ0v) is 8.19. The van der Waals surface area contributed by atoms with E-state index in [4.69, 9.17) is 0 Å². The van der Waals surface area contributed by atoms with Gasteiger partial charge in [-0.1, -0.05) is 0 Å². The van der Waals surface area contributed by atoms with Gasteiger partial charge in [-0.2, -0.15) is 0 Å². The van der Waals surface area contributed by atoms with Crippen molar-refractivity contribution < 1.29 is 13.2 Å². The maximum Gasteiger partial charge on any atom is 0.141 e. The number of nitrogens with one attached hydrogen (secondary N) is 1. The van der Waals surface area contributed by atoms with Crippen LogP contribution in [0, 0.1) is 11.6 Å². The van der Waals surface area contributed by atoms with E-state index in [9.17, 15) is 13.2 Å². The van der Waals surface area contributed by atoms with Gasteiger partial charge in [0.1, 0.15) is 17.3 Å². The molecule has 0 unspecified atom stereocenters. The van der Waals surface area contributed by atoms with Crippen LogP contribution in [0.15, 0.2) is 18.2 Å². The molecule has 1 nitrogen and oxygen atoms in total. The van der Waals surface area contributed by atoms with Gasteiger partial charge in [-0.3, -0.25) is 0 Å².